The number of aryl methyl sites for hydroxylation is 1. The summed E-state index contributed by atoms with van der Waals surface area (Å²) in [6.07, 6.45) is -0.549. The van der Waals surface area contributed by atoms with Crippen molar-refractivity contribution in [1.29, 1.82) is 0 Å². The minimum absolute atomic E-state index is 0.351. The third-order valence-corrected chi connectivity index (χ3v) is 3.85. The van der Waals surface area contributed by atoms with E-state index in [4.69, 9.17) is 15.0 Å². The van der Waals surface area contributed by atoms with Crippen molar-refractivity contribution in [3.63, 3.8) is 0 Å². The van der Waals surface area contributed by atoms with E-state index in [1.54, 1.807) is 40.7 Å². The lowest BCUT2D eigenvalue weighted by Gasteiger charge is -2.26. The van der Waals surface area contributed by atoms with Gasteiger partial charge in [0.1, 0.15) is 17.0 Å². The minimum Gasteiger partial charge on any atom is -0.444 e. The van der Waals surface area contributed by atoms with Crippen LogP contribution < -0.4 is 11.1 Å². The van der Waals surface area contributed by atoms with Crippen LogP contribution in [-0.4, -0.2) is 31.8 Å². The van der Waals surface area contributed by atoms with E-state index in [0.29, 0.717) is 28.4 Å². The van der Waals surface area contributed by atoms with Crippen LogP contribution >= 0.6 is 11.8 Å². The Morgan fingerprint density at radius 2 is 1.96 bits per heavy atom. The van der Waals surface area contributed by atoms with Crippen molar-refractivity contribution < 1.29 is 14.1 Å². The predicted molar refractivity (Wildman–Crippen MR) is 97.4 cm³/mol. The Morgan fingerprint density at radius 1 is 1.27 bits per heavy atom. The van der Waals surface area contributed by atoms with Crippen LogP contribution in [0.4, 0.5) is 10.6 Å². The first-order valence-corrected chi connectivity index (χ1v) is 9.01. The Balaban J connectivity index is 2.00. The van der Waals surface area contributed by atoms with Crippen molar-refractivity contribution in [2.45, 2.75) is 63.6 Å². The summed E-state index contributed by atoms with van der Waals surface area (Å²) in [6, 6.07) is 1.69. The van der Waals surface area contributed by atoms with E-state index in [-0.39, 0.29) is 0 Å². The third kappa shape index (κ3) is 5.87. The summed E-state index contributed by atoms with van der Waals surface area (Å²) in [5.41, 5.74) is 5.06. The number of nitrogens with zero attached hydrogens (tertiary/aromatic N) is 4. The molecule has 10 heteroatoms. The molecular weight excluding hydrogens is 356 g/mol. The molecule has 0 aromatic carbocycles. The van der Waals surface area contributed by atoms with Gasteiger partial charge in [-0.15, -0.1) is 0 Å². The van der Waals surface area contributed by atoms with Gasteiger partial charge in [0.15, 0.2) is 11.0 Å². The summed E-state index contributed by atoms with van der Waals surface area (Å²) in [6.45, 7) is 10.8. The number of hydrogen-bond acceptors (Lipinski definition) is 9. The molecule has 142 valence electrons. The molecule has 0 aliphatic heterocycles. The summed E-state index contributed by atoms with van der Waals surface area (Å²) in [7, 11) is 0. The van der Waals surface area contributed by atoms with Crippen LogP contribution in [0.15, 0.2) is 15.7 Å². The first-order chi connectivity index (χ1) is 11.9. The second-order valence-electron chi connectivity index (χ2n) is 7.27. The van der Waals surface area contributed by atoms with Gasteiger partial charge >= 0.3 is 6.09 Å². The number of carbonyl (C=O) groups is 1. The van der Waals surface area contributed by atoms with E-state index in [9.17, 15) is 4.79 Å². The summed E-state index contributed by atoms with van der Waals surface area (Å²) in [5, 5.41) is 7.22. The smallest absolute Gasteiger partial charge is 0.408 e. The van der Waals surface area contributed by atoms with Gasteiger partial charge in [-0.3, -0.25) is 0 Å². The summed E-state index contributed by atoms with van der Waals surface area (Å²) in [4.78, 5) is 24.7. The molecular formula is C16H24N6O3S. The number of hydrogen-bond donors (Lipinski definition) is 2. The summed E-state index contributed by atoms with van der Waals surface area (Å²) >= 11 is 1.34. The first kappa shape index (κ1) is 20.0. The quantitative estimate of drug-likeness (QED) is 0.594. The standard InChI is InChI=1S/C16H24N6O3S/c1-9-7-10(17)19-13(18-9)26-8-11-20-12(22-25-11)16(5,6)21-14(23)24-15(2,3)4/h7H,8H2,1-6H3,(H,21,23)(H2,17,18,19). The lowest BCUT2D eigenvalue weighted by Crippen LogP contribution is -2.44. The van der Waals surface area contributed by atoms with Gasteiger partial charge in [0.25, 0.3) is 0 Å². The molecule has 0 saturated carbocycles. The van der Waals surface area contributed by atoms with Crippen LogP contribution in [0, 0.1) is 6.92 Å². The van der Waals surface area contributed by atoms with Gasteiger partial charge in [0.05, 0.1) is 5.75 Å². The molecule has 0 saturated heterocycles. The molecule has 26 heavy (non-hydrogen) atoms. The second-order valence-corrected chi connectivity index (χ2v) is 8.21. The van der Waals surface area contributed by atoms with Crippen molar-refractivity contribution in [2.24, 2.45) is 0 Å². The molecule has 0 aliphatic rings. The fourth-order valence-corrected chi connectivity index (χ4v) is 2.69. The molecule has 2 aromatic rings. The number of carbonyl (C=O) groups excluding carboxylic acids is 1. The number of rotatable bonds is 5. The van der Waals surface area contributed by atoms with E-state index in [2.05, 4.69) is 25.4 Å². The number of amides is 1. The Morgan fingerprint density at radius 3 is 2.58 bits per heavy atom. The number of thioether (sulfide) groups is 1. The van der Waals surface area contributed by atoms with E-state index in [1.807, 2.05) is 6.92 Å². The van der Waals surface area contributed by atoms with Crippen LogP contribution in [0.2, 0.25) is 0 Å². The van der Waals surface area contributed by atoms with Crippen LogP contribution in [0.5, 0.6) is 0 Å². The van der Waals surface area contributed by atoms with Gasteiger partial charge in [-0.1, -0.05) is 16.9 Å². The first-order valence-electron chi connectivity index (χ1n) is 8.03. The number of aromatic nitrogens is 4. The molecule has 0 spiro atoms. The van der Waals surface area contributed by atoms with Crippen LogP contribution in [-0.2, 0) is 16.0 Å². The normalized spacial score (nSPS) is 12.1. The Hall–Kier alpha value is -2.36. The molecule has 0 fully saturated rings. The Labute approximate surface area is 156 Å². The number of alkyl carbamates (subject to hydrolysis) is 1. The van der Waals surface area contributed by atoms with Crippen molar-refractivity contribution in [3.8, 4) is 0 Å². The molecule has 0 radical (unpaired) electrons. The lowest BCUT2D eigenvalue weighted by molar-refractivity contribution is 0.0465. The van der Waals surface area contributed by atoms with Gasteiger partial charge in [-0.25, -0.2) is 14.8 Å². The third-order valence-electron chi connectivity index (χ3n) is 3.02. The van der Waals surface area contributed by atoms with Gasteiger partial charge < -0.3 is 20.3 Å². The van der Waals surface area contributed by atoms with Gasteiger partial charge in [-0.05, 0) is 41.5 Å². The lowest BCUT2D eigenvalue weighted by atomic mass is 10.1. The van der Waals surface area contributed by atoms with Crippen molar-refractivity contribution >= 4 is 23.7 Å². The SMILES string of the molecule is Cc1cc(N)nc(SCc2nc(C(C)(C)NC(=O)OC(C)(C)C)no2)n1. The highest BCUT2D eigenvalue weighted by Crippen LogP contribution is 2.22. The van der Waals surface area contributed by atoms with Gasteiger partial charge in [0, 0.05) is 11.8 Å². The topological polar surface area (TPSA) is 129 Å². The van der Waals surface area contributed by atoms with Gasteiger partial charge in [0.2, 0.25) is 5.89 Å². The fourth-order valence-electron chi connectivity index (χ4n) is 1.94. The number of nitrogens with one attached hydrogen (secondary N) is 1. The fraction of sp³-hybridized carbons (Fsp3) is 0.562. The maximum Gasteiger partial charge on any atom is 0.408 e. The van der Waals surface area contributed by atoms with Crippen LogP contribution in [0.1, 0.15) is 52.0 Å². The predicted octanol–water partition coefficient (Wildman–Crippen LogP) is 2.80. The summed E-state index contributed by atoms with van der Waals surface area (Å²) in [5.74, 6) is 1.54. The molecule has 2 heterocycles. The van der Waals surface area contributed by atoms with E-state index in [0.717, 1.165) is 5.69 Å². The Kier molecular flexibility index (Phi) is 5.74. The molecule has 3 N–H and O–H groups in total. The molecule has 0 aliphatic carbocycles. The van der Waals surface area contributed by atoms with Gasteiger partial charge in [-0.2, -0.15) is 4.98 Å². The largest absolute Gasteiger partial charge is 0.444 e. The van der Waals surface area contributed by atoms with Crippen LogP contribution in [0.3, 0.4) is 0 Å². The number of ether oxygens (including phenoxy) is 1. The summed E-state index contributed by atoms with van der Waals surface area (Å²) < 4.78 is 10.5. The molecule has 0 bridgehead atoms. The molecule has 2 rings (SSSR count). The van der Waals surface area contributed by atoms with E-state index >= 15 is 0 Å². The van der Waals surface area contributed by atoms with Crippen molar-refractivity contribution in [3.05, 3.63) is 23.5 Å². The molecule has 9 nitrogen and oxygen atoms in total. The zero-order valence-corrected chi connectivity index (χ0v) is 16.6. The molecule has 1 amide bonds. The molecule has 0 atom stereocenters. The molecule has 0 unspecified atom stereocenters. The monoisotopic (exact) mass is 380 g/mol. The second kappa shape index (κ2) is 7.48. The highest BCUT2D eigenvalue weighted by atomic mass is 32.2. The number of nitrogens with two attached hydrogens (primary N) is 1. The maximum atomic E-state index is 12.0. The van der Waals surface area contributed by atoms with Crippen LogP contribution in [0.25, 0.3) is 0 Å². The average Bonchev–Trinajstić information content (AvgIpc) is 2.91. The maximum absolute atomic E-state index is 12.0. The number of nitrogen functional groups attached to an aromatic ring is 1. The zero-order valence-electron chi connectivity index (χ0n) is 15.8. The number of anilines is 1. The minimum atomic E-state index is -0.848. The Bertz CT molecular complexity index is 764. The average molecular weight is 380 g/mol. The van der Waals surface area contributed by atoms with E-state index in [1.165, 1.54) is 11.8 Å². The van der Waals surface area contributed by atoms with E-state index < -0.39 is 17.2 Å². The highest BCUT2D eigenvalue weighted by molar-refractivity contribution is 7.98. The highest BCUT2D eigenvalue weighted by Gasteiger charge is 2.31. The zero-order chi connectivity index (χ0) is 19.5. The van der Waals surface area contributed by atoms with Crippen molar-refractivity contribution in [1.82, 2.24) is 25.4 Å². The van der Waals surface area contributed by atoms with Crippen molar-refractivity contribution in [2.75, 3.05) is 5.73 Å². The molecule has 2 aromatic heterocycles.